The average Bonchev–Trinajstić information content (AvgIpc) is 3.19. The van der Waals surface area contributed by atoms with Crippen molar-refractivity contribution in [3.05, 3.63) is 36.0 Å². The summed E-state index contributed by atoms with van der Waals surface area (Å²) in [5.41, 5.74) is 1.83. The Labute approximate surface area is 142 Å². The zero-order chi connectivity index (χ0) is 16.7. The molecule has 3 heterocycles. The first kappa shape index (κ1) is 15.4. The average molecular weight is 325 g/mol. The van der Waals surface area contributed by atoms with Crippen molar-refractivity contribution in [2.45, 2.75) is 12.8 Å². The van der Waals surface area contributed by atoms with Gasteiger partial charge in [0.1, 0.15) is 5.75 Å². The van der Waals surface area contributed by atoms with E-state index in [1.54, 1.807) is 13.3 Å². The van der Waals surface area contributed by atoms with Crippen molar-refractivity contribution < 1.29 is 9.53 Å². The number of ether oxygens (including phenoxy) is 1. The normalized spacial score (nSPS) is 24.2. The summed E-state index contributed by atoms with van der Waals surface area (Å²) >= 11 is 0. The molecule has 2 aromatic rings. The van der Waals surface area contributed by atoms with Gasteiger partial charge in [0.05, 0.1) is 18.2 Å². The molecule has 0 saturated carbocycles. The highest BCUT2D eigenvalue weighted by atomic mass is 16.5. The molecule has 1 atom stereocenters. The van der Waals surface area contributed by atoms with E-state index in [1.807, 2.05) is 29.2 Å². The zero-order valence-electron chi connectivity index (χ0n) is 14.3. The lowest BCUT2D eigenvalue weighted by molar-refractivity contribution is 0.0773. The minimum atomic E-state index is 0.103. The number of nitrogens with zero attached hydrogens (tertiary/aromatic N) is 3. The minimum absolute atomic E-state index is 0.103. The predicted octanol–water partition coefficient (Wildman–Crippen LogP) is 2.41. The third-order valence-electron chi connectivity index (χ3n) is 5.49. The number of fused-ring (bicyclic) bond motifs is 1. The number of hydrogen-bond donors (Lipinski definition) is 0. The van der Waals surface area contributed by atoms with Crippen LogP contribution in [0.3, 0.4) is 0 Å². The lowest BCUT2D eigenvalue weighted by Crippen LogP contribution is -2.33. The SMILES string of the molecule is COc1ccc2cc(C(=O)N3CCC4(CCN(C)C4)C3)cnc2c1. The summed E-state index contributed by atoms with van der Waals surface area (Å²) in [5.74, 6) is 0.882. The molecule has 0 N–H and O–H groups in total. The minimum Gasteiger partial charge on any atom is -0.497 e. The van der Waals surface area contributed by atoms with Gasteiger partial charge in [0, 0.05) is 42.7 Å². The van der Waals surface area contributed by atoms with Crippen LogP contribution in [0.1, 0.15) is 23.2 Å². The van der Waals surface area contributed by atoms with Crippen molar-refractivity contribution in [1.82, 2.24) is 14.8 Å². The Balaban J connectivity index is 1.55. The van der Waals surface area contributed by atoms with Crippen molar-refractivity contribution in [3.8, 4) is 5.75 Å². The van der Waals surface area contributed by atoms with Crippen molar-refractivity contribution in [1.29, 1.82) is 0 Å². The van der Waals surface area contributed by atoms with E-state index in [0.717, 1.165) is 49.3 Å². The summed E-state index contributed by atoms with van der Waals surface area (Å²) in [5, 5.41) is 0.969. The molecule has 4 rings (SSSR count). The summed E-state index contributed by atoms with van der Waals surface area (Å²) in [6, 6.07) is 7.69. The molecule has 1 amide bonds. The number of amides is 1. The summed E-state index contributed by atoms with van der Waals surface area (Å²) in [6.07, 6.45) is 4.00. The van der Waals surface area contributed by atoms with Crippen molar-refractivity contribution in [2.75, 3.05) is 40.3 Å². The van der Waals surface area contributed by atoms with Crippen LogP contribution in [0.25, 0.3) is 10.9 Å². The smallest absolute Gasteiger partial charge is 0.255 e. The fraction of sp³-hybridized carbons (Fsp3) is 0.474. The number of carbonyl (C=O) groups is 1. The molecule has 1 aromatic carbocycles. The molecule has 5 nitrogen and oxygen atoms in total. The van der Waals surface area contributed by atoms with E-state index in [-0.39, 0.29) is 5.91 Å². The van der Waals surface area contributed by atoms with Gasteiger partial charge in [-0.1, -0.05) is 0 Å². The highest BCUT2D eigenvalue weighted by molar-refractivity contribution is 5.97. The Morgan fingerprint density at radius 2 is 2.04 bits per heavy atom. The summed E-state index contributed by atoms with van der Waals surface area (Å²) in [6.45, 7) is 3.97. The Bertz CT molecular complexity index is 791. The van der Waals surface area contributed by atoms with Crippen molar-refractivity contribution in [2.24, 2.45) is 5.41 Å². The van der Waals surface area contributed by atoms with Crippen molar-refractivity contribution in [3.63, 3.8) is 0 Å². The van der Waals surface area contributed by atoms with Crippen LogP contribution in [0.4, 0.5) is 0 Å². The van der Waals surface area contributed by atoms with Crippen LogP contribution in [-0.4, -0.2) is 61.0 Å². The van der Waals surface area contributed by atoms with E-state index in [2.05, 4.69) is 16.9 Å². The molecular formula is C19H23N3O2. The number of likely N-dealkylation sites (tertiary alicyclic amines) is 2. The molecule has 5 heteroatoms. The van der Waals surface area contributed by atoms with Gasteiger partial charge in [-0.05, 0) is 44.6 Å². The standard InChI is InChI=1S/C19H23N3O2/c1-21-7-5-19(12-21)6-8-22(13-19)18(23)15-9-14-3-4-16(24-2)10-17(14)20-11-15/h3-4,9-11H,5-8,12-13H2,1-2H3. The molecule has 0 radical (unpaired) electrons. The van der Waals surface area contributed by atoms with E-state index < -0.39 is 0 Å². The highest BCUT2D eigenvalue weighted by Gasteiger charge is 2.43. The number of aromatic nitrogens is 1. The van der Waals surface area contributed by atoms with Gasteiger partial charge < -0.3 is 14.5 Å². The summed E-state index contributed by atoms with van der Waals surface area (Å²) in [4.78, 5) is 21.7. The van der Waals surface area contributed by atoms with Gasteiger partial charge in [-0.15, -0.1) is 0 Å². The van der Waals surface area contributed by atoms with Crippen LogP contribution >= 0.6 is 0 Å². The van der Waals surface area contributed by atoms with Crippen LogP contribution in [-0.2, 0) is 0 Å². The molecule has 1 aromatic heterocycles. The Morgan fingerprint density at radius 1 is 1.21 bits per heavy atom. The fourth-order valence-electron chi connectivity index (χ4n) is 4.13. The second kappa shape index (κ2) is 5.74. The molecular weight excluding hydrogens is 302 g/mol. The second-order valence-electron chi connectivity index (χ2n) is 7.25. The molecule has 126 valence electrons. The van der Waals surface area contributed by atoms with Crippen LogP contribution in [0.15, 0.2) is 30.5 Å². The Kier molecular flexibility index (Phi) is 3.68. The predicted molar refractivity (Wildman–Crippen MR) is 93.4 cm³/mol. The molecule has 2 aliphatic rings. The van der Waals surface area contributed by atoms with Gasteiger partial charge in [-0.3, -0.25) is 9.78 Å². The Hall–Kier alpha value is -2.14. The van der Waals surface area contributed by atoms with E-state index in [1.165, 1.54) is 6.42 Å². The van der Waals surface area contributed by atoms with E-state index in [0.29, 0.717) is 11.0 Å². The van der Waals surface area contributed by atoms with Crippen LogP contribution in [0.5, 0.6) is 5.75 Å². The number of carbonyl (C=O) groups excluding carboxylic acids is 1. The number of benzene rings is 1. The quantitative estimate of drug-likeness (QED) is 0.851. The maximum Gasteiger partial charge on any atom is 0.255 e. The van der Waals surface area contributed by atoms with Gasteiger partial charge in [-0.25, -0.2) is 0 Å². The molecule has 0 bridgehead atoms. The van der Waals surface area contributed by atoms with Gasteiger partial charge in [0.25, 0.3) is 5.91 Å². The first-order chi connectivity index (χ1) is 11.6. The first-order valence-electron chi connectivity index (χ1n) is 8.50. The topological polar surface area (TPSA) is 45.7 Å². The van der Waals surface area contributed by atoms with Gasteiger partial charge in [0.2, 0.25) is 0 Å². The van der Waals surface area contributed by atoms with Gasteiger partial charge in [-0.2, -0.15) is 0 Å². The third-order valence-corrected chi connectivity index (χ3v) is 5.49. The van der Waals surface area contributed by atoms with E-state index in [4.69, 9.17) is 4.74 Å². The van der Waals surface area contributed by atoms with Crippen LogP contribution in [0, 0.1) is 5.41 Å². The largest absolute Gasteiger partial charge is 0.497 e. The number of rotatable bonds is 2. The Morgan fingerprint density at radius 3 is 2.79 bits per heavy atom. The molecule has 1 spiro atoms. The fourth-order valence-corrected chi connectivity index (χ4v) is 4.13. The summed E-state index contributed by atoms with van der Waals surface area (Å²) < 4.78 is 5.22. The molecule has 2 saturated heterocycles. The van der Waals surface area contributed by atoms with Crippen LogP contribution in [0.2, 0.25) is 0 Å². The molecule has 24 heavy (non-hydrogen) atoms. The van der Waals surface area contributed by atoms with Gasteiger partial charge in [0.15, 0.2) is 0 Å². The molecule has 2 fully saturated rings. The second-order valence-corrected chi connectivity index (χ2v) is 7.25. The zero-order valence-corrected chi connectivity index (χ0v) is 14.3. The molecule has 1 unspecified atom stereocenters. The third kappa shape index (κ3) is 2.63. The summed E-state index contributed by atoms with van der Waals surface area (Å²) in [7, 11) is 3.81. The number of pyridine rings is 1. The molecule has 2 aliphatic heterocycles. The lowest BCUT2D eigenvalue weighted by atomic mass is 9.86. The maximum absolute atomic E-state index is 12.9. The highest BCUT2D eigenvalue weighted by Crippen LogP contribution is 2.39. The monoisotopic (exact) mass is 325 g/mol. The van der Waals surface area contributed by atoms with E-state index in [9.17, 15) is 4.79 Å². The first-order valence-corrected chi connectivity index (χ1v) is 8.50. The van der Waals surface area contributed by atoms with Gasteiger partial charge >= 0.3 is 0 Å². The number of methoxy groups -OCH3 is 1. The molecule has 0 aliphatic carbocycles. The van der Waals surface area contributed by atoms with Crippen molar-refractivity contribution >= 4 is 16.8 Å². The van der Waals surface area contributed by atoms with Crippen LogP contribution < -0.4 is 4.74 Å². The maximum atomic E-state index is 12.9. The number of hydrogen-bond acceptors (Lipinski definition) is 4. The lowest BCUT2D eigenvalue weighted by Gasteiger charge is -2.23. The van der Waals surface area contributed by atoms with E-state index >= 15 is 0 Å².